The van der Waals surface area contributed by atoms with E-state index in [1.807, 2.05) is 37.3 Å². The lowest BCUT2D eigenvalue weighted by Gasteiger charge is -2.22. The van der Waals surface area contributed by atoms with Crippen LogP contribution in [0, 0.1) is 0 Å². The van der Waals surface area contributed by atoms with Crippen molar-refractivity contribution in [3.63, 3.8) is 0 Å². The SMILES string of the molecule is C[C@@H]1Oc2ccccc2C=C1/C=C1\Oc2cc(OCC(=O)c3ccc(Cl)cc3)ccc2C1=O. The second-order valence-corrected chi connectivity index (χ2v) is 8.20. The predicted octanol–water partition coefficient (Wildman–Crippen LogP) is 5.93. The third-order valence-electron chi connectivity index (χ3n) is 5.49. The fraction of sp³-hybridized carbons (Fsp3) is 0.111. The number of fused-ring (bicyclic) bond motifs is 2. The van der Waals surface area contributed by atoms with Gasteiger partial charge >= 0.3 is 0 Å². The Morgan fingerprint density at radius 3 is 2.67 bits per heavy atom. The van der Waals surface area contributed by atoms with Gasteiger partial charge in [0.2, 0.25) is 5.78 Å². The third kappa shape index (κ3) is 4.28. The highest BCUT2D eigenvalue weighted by atomic mass is 35.5. The molecule has 5 rings (SSSR count). The van der Waals surface area contributed by atoms with Gasteiger partial charge in [0.15, 0.2) is 18.1 Å². The number of Topliss-reactive ketones (excluding diaryl/α,β-unsaturated/α-hetero) is 2. The van der Waals surface area contributed by atoms with E-state index in [0.717, 1.165) is 16.9 Å². The van der Waals surface area contributed by atoms with Crippen LogP contribution in [-0.4, -0.2) is 24.3 Å². The van der Waals surface area contributed by atoms with Gasteiger partial charge in [-0.2, -0.15) is 0 Å². The minimum Gasteiger partial charge on any atom is -0.485 e. The smallest absolute Gasteiger partial charge is 0.231 e. The number of allylic oxidation sites excluding steroid dienone is 1. The Balaban J connectivity index is 1.31. The highest BCUT2D eigenvalue weighted by molar-refractivity contribution is 6.30. The van der Waals surface area contributed by atoms with Gasteiger partial charge in [0.25, 0.3) is 0 Å². The maximum Gasteiger partial charge on any atom is 0.231 e. The summed E-state index contributed by atoms with van der Waals surface area (Å²) in [6.07, 6.45) is 3.49. The minimum atomic E-state index is -0.217. The molecule has 0 radical (unpaired) electrons. The van der Waals surface area contributed by atoms with Crippen molar-refractivity contribution in [2.24, 2.45) is 0 Å². The summed E-state index contributed by atoms with van der Waals surface area (Å²) in [5, 5.41) is 0.561. The Labute approximate surface area is 195 Å². The number of carbonyl (C=O) groups is 2. The van der Waals surface area contributed by atoms with E-state index < -0.39 is 0 Å². The number of para-hydroxylation sites is 1. The summed E-state index contributed by atoms with van der Waals surface area (Å²) in [5.41, 5.74) is 2.75. The lowest BCUT2D eigenvalue weighted by atomic mass is 10.0. The van der Waals surface area contributed by atoms with Crippen molar-refractivity contribution in [3.8, 4) is 17.2 Å². The molecular weight excluding hydrogens is 440 g/mol. The Kier molecular flexibility index (Phi) is 5.48. The molecule has 0 saturated heterocycles. The number of hydrogen-bond acceptors (Lipinski definition) is 5. The maximum absolute atomic E-state index is 12.8. The Morgan fingerprint density at radius 2 is 1.85 bits per heavy atom. The molecule has 2 aliphatic rings. The van der Waals surface area contributed by atoms with Gasteiger partial charge in [-0.3, -0.25) is 9.59 Å². The highest BCUT2D eigenvalue weighted by Crippen LogP contribution is 2.36. The summed E-state index contributed by atoms with van der Waals surface area (Å²) < 4.78 is 17.4. The van der Waals surface area contributed by atoms with Gasteiger partial charge in [-0.15, -0.1) is 0 Å². The number of hydrogen-bond donors (Lipinski definition) is 0. The molecule has 0 amide bonds. The Morgan fingerprint density at radius 1 is 1.06 bits per heavy atom. The maximum atomic E-state index is 12.8. The number of ketones is 2. The van der Waals surface area contributed by atoms with Crippen molar-refractivity contribution in [1.29, 1.82) is 0 Å². The van der Waals surface area contributed by atoms with Crippen LogP contribution in [0.4, 0.5) is 0 Å². The number of ether oxygens (including phenoxy) is 3. The van der Waals surface area contributed by atoms with E-state index in [2.05, 4.69) is 0 Å². The first-order valence-corrected chi connectivity index (χ1v) is 10.8. The molecule has 0 saturated carbocycles. The molecule has 164 valence electrons. The van der Waals surface area contributed by atoms with Gasteiger partial charge in [0.05, 0.1) is 5.56 Å². The van der Waals surface area contributed by atoms with Crippen LogP contribution < -0.4 is 14.2 Å². The lowest BCUT2D eigenvalue weighted by molar-refractivity contribution is 0.0921. The van der Waals surface area contributed by atoms with Crippen molar-refractivity contribution in [3.05, 3.63) is 106 Å². The molecular formula is C27H19ClO5. The average Bonchev–Trinajstić information content (AvgIpc) is 3.13. The topological polar surface area (TPSA) is 61.8 Å². The molecule has 2 heterocycles. The van der Waals surface area contributed by atoms with Gasteiger partial charge < -0.3 is 14.2 Å². The van der Waals surface area contributed by atoms with Gasteiger partial charge in [-0.1, -0.05) is 29.8 Å². The molecule has 0 unspecified atom stereocenters. The first-order chi connectivity index (χ1) is 16.0. The van der Waals surface area contributed by atoms with E-state index in [4.69, 9.17) is 25.8 Å². The first-order valence-electron chi connectivity index (χ1n) is 10.4. The van der Waals surface area contributed by atoms with Crippen molar-refractivity contribution < 1.29 is 23.8 Å². The van der Waals surface area contributed by atoms with Gasteiger partial charge in [0, 0.05) is 22.2 Å². The second kappa shape index (κ2) is 8.60. The minimum absolute atomic E-state index is 0.141. The molecule has 0 aliphatic carbocycles. The Hall–Kier alpha value is -3.83. The number of benzene rings is 3. The van der Waals surface area contributed by atoms with E-state index in [9.17, 15) is 9.59 Å². The van der Waals surface area contributed by atoms with Crippen molar-refractivity contribution in [1.82, 2.24) is 0 Å². The number of carbonyl (C=O) groups excluding carboxylic acids is 2. The van der Waals surface area contributed by atoms with Crippen LogP contribution in [0.15, 0.2) is 84.1 Å². The fourth-order valence-electron chi connectivity index (χ4n) is 3.70. The largest absolute Gasteiger partial charge is 0.485 e. The molecule has 0 fully saturated rings. The molecule has 0 spiro atoms. The van der Waals surface area contributed by atoms with Crippen molar-refractivity contribution in [2.45, 2.75) is 13.0 Å². The number of halogens is 1. The molecule has 0 aromatic heterocycles. The van der Waals surface area contributed by atoms with E-state index in [1.54, 1.807) is 48.5 Å². The zero-order chi connectivity index (χ0) is 22.9. The molecule has 6 heteroatoms. The van der Waals surface area contributed by atoms with E-state index in [-0.39, 0.29) is 30.0 Å². The van der Waals surface area contributed by atoms with Crippen LogP contribution in [0.5, 0.6) is 17.2 Å². The zero-order valence-corrected chi connectivity index (χ0v) is 18.5. The van der Waals surface area contributed by atoms with Crippen LogP contribution >= 0.6 is 11.6 Å². The van der Waals surface area contributed by atoms with Crippen molar-refractivity contribution in [2.75, 3.05) is 6.61 Å². The standard InChI is InChI=1S/C27H19ClO5/c1-16-19(12-18-4-2-3-5-24(18)32-16)13-26-27(30)22-11-10-21(14-25(22)33-26)31-15-23(29)17-6-8-20(28)9-7-17/h2-14,16H,15H2,1H3/b26-13-/t16-/m0/s1. The highest BCUT2D eigenvalue weighted by Gasteiger charge is 2.29. The summed E-state index contributed by atoms with van der Waals surface area (Å²) in [7, 11) is 0. The van der Waals surface area contributed by atoms with Crippen LogP contribution in [0.3, 0.4) is 0 Å². The predicted molar refractivity (Wildman–Crippen MR) is 125 cm³/mol. The average molecular weight is 459 g/mol. The molecule has 2 aliphatic heterocycles. The summed E-state index contributed by atoms with van der Waals surface area (Å²) in [6, 6.07) is 19.3. The molecule has 0 N–H and O–H groups in total. The Bertz CT molecular complexity index is 1320. The monoisotopic (exact) mass is 458 g/mol. The molecule has 0 bridgehead atoms. The molecule has 5 nitrogen and oxygen atoms in total. The van der Waals surface area contributed by atoms with Crippen molar-refractivity contribution >= 4 is 29.2 Å². The lowest BCUT2D eigenvalue weighted by Crippen LogP contribution is -2.18. The summed E-state index contributed by atoms with van der Waals surface area (Å²) >= 11 is 5.86. The molecule has 3 aromatic rings. The second-order valence-electron chi connectivity index (χ2n) is 7.76. The van der Waals surface area contributed by atoms with Crippen LogP contribution in [0.2, 0.25) is 5.02 Å². The molecule has 3 aromatic carbocycles. The van der Waals surface area contributed by atoms with E-state index in [1.165, 1.54) is 0 Å². The zero-order valence-electron chi connectivity index (χ0n) is 17.7. The summed E-state index contributed by atoms with van der Waals surface area (Å²) in [5.74, 6) is 1.48. The third-order valence-corrected chi connectivity index (χ3v) is 5.74. The van der Waals surface area contributed by atoms with Gasteiger partial charge in [0.1, 0.15) is 23.4 Å². The first kappa shape index (κ1) is 21.0. The molecule has 33 heavy (non-hydrogen) atoms. The quantitative estimate of drug-likeness (QED) is 0.350. The molecule has 1 atom stereocenters. The van der Waals surface area contributed by atoms with Crippen LogP contribution in [0.25, 0.3) is 6.08 Å². The summed E-state index contributed by atoms with van der Waals surface area (Å²) in [4.78, 5) is 25.2. The van der Waals surface area contributed by atoms with Gasteiger partial charge in [-0.25, -0.2) is 0 Å². The normalized spacial score (nSPS) is 17.5. The summed E-state index contributed by atoms with van der Waals surface area (Å²) in [6.45, 7) is 1.78. The van der Waals surface area contributed by atoms with E-state index >= 15 is 0 Å². The fourth-order valence-corrected chi connectivity index (χ4v) is 3.82. The van der Waals surface area contributed by atoms with E-state index in [0.29, 0.717) is 27.6 Å². The van der Waals surface area contributed by atoms with Crippen LogP contribution in [0.1, 0.15) is 33.2 Å². The van der Waals surface area contributed by atoms with Gasteiger partial charge in [-0.05, 0) is 67.1 Å². The van der Waals surface area contributed by atoms with Crippen LogP contribution in [-0.2, 0) is 0 Å². The number of rotatable bonds is 5.